The van der Waals surface area contributed by atoms with Crippen LogP contribution >= 0.6 is 15.9 Å². The van der Waals surface area contributed by atoms with Crippen molar-refractivity contribution in [1.29, 1.82) is 0 Å². The first kappa shape index (κ1) is 59.9. The van der Waals surface area contributed by atoms with Gasteiger partial charge in [-0.1, -0.05) is 94.0 Å². The first-order chi connectivity index (χ1) is 34.1. The molecule has 0 spiro atoms. The molecular formula is C46H63BrF6N8O10Si2. The Morgan fingerprint density at radius 3 is 1.48 bits per heavy atom. The summed E-state index contributed by atoms with van der Waals surface area (Å²) in [4.78, 5) is 61.3. The molecule has 0 saturated carbocycles. The number of benzene rings is 2. The number of rotatable bonds is 21. The zero-order chi connectivity index (χ0) is 54.5. The number of aromatic amines is 1. The SMILES string of the molecule is CCCCBr.CCCCn1c(=O)c2c(nc(Oc3cccc(OC(F)(F)F)c3)n2COCC[Si](C)(C)C)n(C)c1=O.Cn1c(=O)[nH]c(=O)c2c1nc(Oc1cccc(OC(F)(F)F)c1)n2COCC[Si](C)(C)C. The number of hydrogen-bond acceptors (Lipinski definition) is 12. The smallest absolute Gasteiger partial charge is 0.425 e. The van der Waals surface area contributed by atoms with Crippen LogP contribution < -0.4 is 41.4 Å². The lowest BCUT2D eigenvalue weighted by atomic mass is 10.3. The van der Waals surface area contributed by atoms with E-state index in [1.165, 1.54) is 64.9 Å². The highest BCUT2D eigenvalue weighted by atomic mass is 79.9. The van der Waals surface area contributed by atoms with E-state index in [0.717, 1.165) is 57.2 Å². The van der Waals surface area contributed by atoms with Crippen molar-refractivity contribution < 1.29 is 54.8 Å². The fraction of sp³-hybridized carbons (Fsp3) is 0.522. The van der Waals surface area contributed by atoms with Crippen molar-refractivity contribution in [3.63, 3.8) is 0 Å². The second-order valence-corrected chi connectivity index (χ2v) is 31.0. The molecule has 27 heteroatoms. The van der Waals surface area contributed by atoms with Gasteiger partial charge < -0.3 is 28.4 Å². The largest absolute Gasteiger partial charge is 0.573 e. The summed E-state index contributed by atoms with van der Waals surface area (Å²) >= 11 is 3.31. The number of alkyl halides is 7. The minimum atomic E-state index is -4.86. The van der Waals surface area contributed by atoms with Gasteiger partial charge in [-0.3, -0.25) is 37.4 Å². The van der Waals surface area contributed by atoms with E-state index in [4.69, 9.17) is 18.9 Å². The standard InChI is InChI=1S/C23H31F3N4O5Si.C19H23F3N4O5Si.C4H9Br/c1-6-7-11-29-20(31)18-19(28(2)22(29)32)27-21(30(18)15-33-12-13-36(3,4)5)34-16-9-8-10-17(14-16)35-23(24,25)26;1-25-15-14(16(27)24-17(25)28)26(11-29-8-9-32(2,3)4)18(23-15)30-12-6-5-7-13(10-12)31-19(20,21)22;1-2-3-4-5/h8-10,14H,6-7,11-13,15H2,1-5H3;5-7,10H,8-9,11H2,1-4H3,(H,24,27,28);2-4H2,1H3. The molecule has 4 aromatic heterocycles. The van der Waals surface area contributed by atoms with Gasteiger partial charge in [0.2, 0.25) is 0 Å². The highest BCUT2D eigenvalue weighted by Crippen LogP contribution is 2.32. The molecule has 0 aliphatic heterocycles. The van der Waals surface area contributed by atoms with Gasteiger partial charge in [-0.2, -0.15) is 9.97 Å². The minimum Gasteiger partial charge on any atom is -0.425 e. The maximum absolute atomic E-state index is 13.3. The molecule has 0 atom stereocenters. The molecule has 73 heavy (non-hydrogen) atoms. The zero-order valence-corrected chi connectivity index (χ0v) is 46.0. The van der Waals surface area contributed by atoms with Crippen molar-refractivity contribution in [1.82, 2.24) is 37.8 Å². The van der Waals surface area contributed by atoms with Crippen LogP contribution in [0.3, 0.4) is 0 Å². The van der Waals surface area contributed by atoms with Gasteiger partial charge in [-0.25, -0.2) is 9.59 Å². The molecule has 0 aliphatic rings. The summed E-state index contributed by atoms with van der Waals surface area (Å²) in [6, 6.07) is 11.4. The van der Waals surface area contributed by atoms with Crippen LogP contribution in [-0.4, -0.2) is 85.2 Å². The second kappa shape index (κ2) is 26.0. The predicted molar refractivity (Wildman–Crippen MR) is 273 cm³/mol. The molecule has 2 aromatic carbocycles. The van der Waals surface area contributed by atoms with Gasteiger partial charge in [-0.05, 0) is 49.2 Å². The Labute approximate surface area is 426 Å². The van der Waals surface area contributed by atoms with Crippen LogP contribution in [0, 0.1) is 0 Å². The summed E-state index contributed by atoms with van der Waals surface area (Å²) < 4.78 is 113. The Balaban J connectivity index is 0.000000291. The van der Waals surface area contributed by atoms with E-state index in [0.29, 0.717) is 19.6 Å². The number of ether oxygens (including phenoxy) is 6. The Morgan fingerprint density at radius 2 is 1.07 bits per heavy atom. The summed E-state index contributed by atoms with van der Waals surface area (Å²) in [6.45, 7) is 18.2. The third-order valence-corrected chi connectivity index (χ3v) is 14.3. The number of unbranched alkanes of at least 4 members (excludes halogenated alkanes) is 2. The zero-order valence-electron chi connectivity index (χ0n) is 42.5. The van der Waals surface area contributed by atoms with Crippen LogP contribution in [0.15, 0.2) is 67.7 Å². The Bertz CT molecular complexity index is 3010. The molecule has 6 rings (SSSR count). The van der Waals surface area contributed by atoms with Crippen LogP contribution in [0.5, 0.6) is 35.0 Å². The van der Waals surface area contributed by atoms with Gasteiger partial charge in [0, 0.05) is 67.5 Å². The number of fused-ring (bicyclic) bond motifs is 2. The lowest BCUT2D eigenvalue weighted by molar-refractivity contribution is -0.275. The van der Waals surface area contributed by atoms with E-state index in [1.54, 1.807) is 0 Å². The number of aromatic nitrogens is 8. The predicted octanol–water partition coefficient (Wildman–Crippen LogP) is 10.3. The van der Waals surface area contributed by atoms with Crippen molar-refractivity contribution >= 4 is 54.4 Å². The fourth-order valence-electron chi connectivity index (χ4n) is 6.36. The molecule has 18 nitrogen and oxygen atoms in total. The number of nitrogens with zero attached hydrogens (tertiary/aromatic N) is 7. The van der Waals surface area contributed by atoms with Crippen molar-refractivity contribution in [2.45, 2.75) is 124 Å². The first-order valence-corrected chi connectivity index (χ1v) is 31.8. The molecule has 0 unspecified atom stereocenters. The maximum Gasteiger partial charge on any atom is 0.573 e. The number of hydrogen-bond donors (Lipinski definition) is 1. The van der Waals surface area contributed by atoms with Crippen molar-refractivity contribution in [2.75, 3.05) is 18.5 Å². The minimum absolute atomic E-state index is 0.00622. The Hall–Kier alpha value is -5.65. The van der Waals surface area contributed by atoms with E-state index in [9.17, 15) is 45.5 Å². The maximum atomic E-state index is 13.3. The molecule has 0 aliphatic carbocycles. The van der Waals surface area contributed by atoms with Gasteiger partial charge in [0.1, 0.15) is 36.5 Å². The third-order valence-electron chi connectivity index (χ3n) is 10.3. The summed E-state index contributed by atoms with van der Waals surface area (Å²) in [6.07, 6.45) is -5.70. The Kier molecular flexibility index (Phi) is 21.4. The molecule has 1 N–H and O–H groups in total. The molecule has 0 bridgehead atoms. The summed E-state index contributed by atoms with van der Waals surface area (Å²) in [5, 5.41) is 1.16. The third kappa shape index (κ3) is 18.4. The lowest BCUT2D eigenvalue weighted by Crippen LogP contribution is -2.39. The van der Waals surface area contributed by atoms with E-state index in [-0.39, 0.29) is 65.9 Å². The fourth-order valence-corrected chi connectivity index (χ4v) is 8.43. The van der Waals surface area contributed by atoms with E-state index in [2.05, 4.69) is 86.6 Å². The van der Waals surface area contributed by atoms with Gasteiger partial charge in [-0.15, -0.1) is 26.3 Å². The highest BCUT2D eigenvalue weighted by Gasteiger charge is 2.32. The number of halogens is 7. The monoisotopic (exact) mass is 1140 g/mol. The average Bonchev–Trinajstić information content (AvgIpc) is 3.82. The lowest BCUT2D eigenvalue weighted by Gasteiger charge is -2.16. The first-order valence-electron chi connectivity index (χ1n) is 23.2. The van der Waals surface area contributed by atoms with Crippen molar-refractivity contribution in [3.8, 4) is 35.0 Å². The number of H-pyrrole nitrogens is 1. The summed E-state index contributed by atoms with van der Waals surface area (Å²) in [5.41, 5.74) is -2.12. The molecule has 0 saturated heterocycles. The van der Waals surface area contributed by atoms with Crippen molar-refractivity contribution in [2.24, 2.45) is 14.1 Å². The molecule has 6 aromatic rings. The van der Waals surface area contributed by atoms with E-state index >= 15 is 0 Å². The number of nitrogens with one attached hydrogen (secondary N) is 1. The normalized spacial score (nSPS) is 12.1. The molecule has 0 radical (unpaired) electrons. The van der Waals surface area contributed by atoms with Crippen LogP contribution in [0.25, 0.3) is 22.3 Å². The second-order valence-electron chi connectivity index (χ2n) is 18.9. The molecular weight excluding hydrogens is 1070 g/mol. The highest BCUT2D eigenvalue weighted by molar-refractivity contribution is 9.09. The van der Waals surface area contributed by atoms with Gasteiger partial charge in [0.25, 0.3) is 11.1 Å². The average molecular weight is 1140 g/mol. The number of aryl methyl sites for hydroxylation is 2. The summed E-state index contributed by atoms with van der Waals surface area (Å²) in [5.74, 6) is -0.948. The van der Waals surface area contributed by atoms with Gasteiger partial charge in [0.05, 0.1) is 0 Å². The van der Waals surface area contributed by atoms with Crippen molar-refractivity contribution in [3.05, 3.63) is 90.2 Å². The molecule has 4 heterocycles. The molecule has 0 amide bonds. The summed E-state index contributed by atoms with van der Waals surface area (Å²) in [7, 11) is 0.176. The van der Waals surface area contributed by atoms with Crippen LogP contribution in [-0.2, 0) is 43.6 Å². The molecule has 404 valence electrons. The van der Waals surface area contributed by atoms with Gasteiger partial charge >= 0.3 is 36.1 Å². The van der Waals surface area contributed by atoms with Crippen LogP contribution in [0.1, 0.15) is 39.5 Å². The van der Waals surface area contributed by atoms with Crippen LogP contribution in [0.2, 0.25) is 51.4 Å². The quantitative estimate of drug-likeness (QED) is 0.0311. The topological polar surface area (TPSA) is 190 Å². The Morgan fingerprint density at radius 1 is 0.630 bits per heavy atom. The van der Waals surface area contributed by atoms with Crippen LogP contribution in [0.4, 0.5) is 26.3 Å². The van der Waals surface area contributed by atoms with E-state index < -0.39 is 62.9 Å². The van der Waals surface area contributed by atoms with E-state index in [1.807, 2.05) is 6.92 Å². The number of imidazole rings is 2. The molecule has 0 fully saturated rings. The van der Waals surface area contributed by atoms with Gasteiger partial charge in [0.15, 0.2) is 22.3 Å².